The summed E-state index contributed by atoms with van der Waals surface area (Å²) < 4.78 is 37.7. The molecule has 2 rings (SSSR count). The van der Waals surface area contributed by atoms with Gasteiger partial charge in [0, 0.05) is 6.04 Å². The van der Waals surface area contributed by atoms with E-state index in [4.69, 9.17) is 5.11 Å². The number of rotatable bonds is 4. The van der Waals surface area contributed by atoms with E-state index in [9.17, 15) is 22.8 Å². The molecule has 5 nitrogen and oxygen atoms in total. The Morgan fingerprint density at radius 1 is 1.12 bits per heavy atom. The second-order valence-electron chi connectivity index (χ2n) is 6.35. The lowest BCUT2D eigenvalue weighted by molar-refractivity contribution is -0.143. The van der Waals surface area contributed by atoms with E-state index >= 15 is 0 Å². The summed E-state index contributed by atoms with van der Waals surface area (Å²) in [7, 11) is 0. The third-order valence-electron chi connectivity index (χ3n) is 4.50. The minimum absolute atomic E-state index is 0.0876. The molecule has 1 aromatic carbocycles. The van der Waals surface area contributed by atoms with Crippen LogP contribution >= 0.6 is 0 Å². The average molecular weight is 358 g/mol. The molecule has 1 aromatic rings. The molecule has 1 aliphatic rings. The number of carboxylic acid groups (broad SMARTS) is 1. The third-order valence-corrected chi connectivity index (χ3v) is 4.50. The molecule has 0 radical (unpaired) electrons. The fourth-order valence-corrected chi connectivity index (χ4v) is 2.95. The number of halogens is 3. The number of carbonyl (C=O) groups excluding carboxylic acids is 1. The van der Waals surface area contributed by atoms with Crippen molar-refractivity contribution >= 4 is 12.0 Å². The Morgan fingerprint density at radius 3 is 2.16 bits per heavy atom. The van der Waals surface area contributed by atoms with E-state index in [1.54, 1.807) is 6.92 Å². The van der Waals surface area contributed by atoms with Crippen LogP contribution < -0.4 is 10.6 Å². The van der Waals surface area contributed by atoms with Crippen molar-refractivity contribution in [2.75, 3.05) is 0 Å². The molecule has 0 saturated heterocycles. The van der Waals surface area contributed by atoms with Gasteiger partial charge in [-0.3, -0.25) is 4.79 Å². The highest BCUT2D eigenvalue weighted by Crippen LogP contribution is 2.30. The zero-order chi connectivity index (χ0) is 18.6. The van der Waals surface area contributed by atoms with Crippen LogP contribution in [0.15, 0.2) is 24.3 Å². The lowest BCUT2D eigenvalue weighted by Crippen LogP contribution is -2.44. The van der Waals surface area contributed by atoms with Crippen molar-refractivity contribution in [1.29, 1.82) is 0 Å². The lowest BCUT2D eigenvalue weighted by atomic mass is 9.86. The SMILES string of the molecule is C[C@@H](NC(=O)NC1CCC(C(=O)O)CC1)c1ccc(C(F)(F)F)cc1. The Bertz CT molecular complexity index is 609. The minimum Gasteiger partial charge on any atom is -0.481 e. The third kappa shape index (κ3) is 5.37. The Balaban J connectivity index is 1.83. The van der Waals surface area contributed by atoms with Gasteiger partial charge < -0.3 is 15.7 Å². The number of hydrogen-bond acceptors (Lipinski definition) is 2. The maximum Gasteiger partial charge on any atom is 0.416 e. The van der Waals surface area contributed by atoms with Crippen LogP contribution in [0, 0.1) is 5.92 Å². The van der Waals surface area contributed by atoms with E-state index in [0.29, 0.717) is 31.2 Å². The van der Waals surface area contributed by atoms with Crippen molar-refractivity contribution in [2.45, 2.75) is 50.9 Å². The van der Waals surface area contributed by atoms with Gasteiger partial charge >= 0.3 is 18.2 Å². The van der Waals surface area contributed by atoms with Gasteiger partial charge in [0.2, 0.25) is 0 Å². The number of amides is 2. The molecule has 3 N–H and O–H groups in total. The predicted octanol–water partition coefficient (Wildman–Crippen LogP) is 3.71. The molecule has 0 spiro atoms. The molecule has 1 saturated carbocycles. The molecule has 1 aliphatic carbocycles. The van der Waals surface area contributed by atoms with Crippen molar-refractivity contribution in [1.82, 2.24) is 10.6 Å². The van der Waals surface area contributed by atoms with Gasteiger partial charge in [-0.1, -0.05) is 12.1 Å². The van der Waals surface area contributed by atoms with E-state index in [0.717, 1.165) is 12.1 Å². The Hall–Kier alpha value is -2.25. The van der Waals surface area contributed by atoms with Gasteiger partial charge in [-0.2, -0.15) is 13.2 Å². The molecule has 0 heterocycles. The minimum atomic E-state index is -4.39. The quantitative estimate of drug-likeness (QED) is 0.768. The van der Waals surface area contributed by atoms with E-state index in [2.05, 4.69) is 10.6 Å². The molecular formula is C17H21F3N2O3. The van der Waals surface area contributed by atoms with Crippen LogP contribution in [0.5, 0.6) is 0 Å². The number of aliphatic carboxylic acids is 1. The lowest BCUT2D eigenvalue weighted by Gasteiger charge is -2.27. The van der Waals surface area contributed by atoms with Crippen molar-refractivity contribution in [2.24, 2.45) is 5.92 Å². The van der Waals surface area contributed by atoms with Crippen LogP contribution in [-0.4, -0.2) is 23.1 Å². The van der Waals surface area contributed by atoms with Crippen LogP contribution in [0.3, 0.4) is 0 Å². The van der Waals surface area contributed by atoms with E-state index in [-0.39, 0.29) is 12.0 Å². The van der Waals surface area contributed by atoms with Crippen LogP contribution in [0.2, 0.25) is 0 Å². The van der Waals surface area contributed by atoms with Crippen molar-refractivity contribution in [3.8, 4) is 0 Å². The molecular weight excluding hydrogens is 337 g/mol. The molecule has 8 heteroatoms. The highest BCUT2D eigenvalue weighted by atomic mass is 19.4. The molecule has 138 valence electrons. The smallest absolute Gasteiger partial charge is 0.416 e. The number of urea groups is 1. The first-order chi connectivity index (χ1) is 11.7. The molecule has 2 amide bonds. The van der Waals surface area contributed by atoms with Crippen LogP contribution in [0.1, 0.15) is 49.8 Å². The van der Waals surface area contributed by atoms with Gasteiger partial charge in [0.15, 0.2) is 0 Å². The van der Waals surface area contributed by atoms with Gasteiger partial charge in [-0.05, 0) is 50.3 Å². The van der Waals surface area contributed by atoms with Crippen molar-refractivity contribution < 1.29 is 27.9 Å². The highest BCUT2D eigenvalue weighted by molar-refractivity contribution is 5.75. The Labute approximate surface area is 143 Å². The first-order valence-electron chi connectivity index (χ1n) is 8.14. The Kier molecular flexibility index (Phi) is 5.92. The summed E-state index contributed by atoms with van der Waals surface area (Å²) in [5, 5.41) is 14.4. The second-order valence-corrected chi connectivity index (χ2v) is 6.35. The summed E-state index contributed by atoms with van der Waals surface area (Å²) in [5.74, 6) is -1.16. The standard InChI is InChI=1S/C17H21F3N2O3/c1-10(11-2-6-13(7-3-11)17(18,19)20)21-16(25)22-14-8-4-12(5-9-14)15(23)24/h2-3,6-7,10,12,14H,4-5,8-9H2,1H3,(H,23,24)(H2,21,22,25)/t10-,12?,14?/m1/s1. The van der Waals surface area contributed by atoms with E-state index < -0.39 is 29.8 Å². The summed E-state index contributed by atoms with van der Waals surface area (Å²) in [6.45, 7) is 1.68. The zero-order valence-electron chi connectivity index (χ0n) is 13.8. The summed E-state index contributed by atoms with van der Waals surface area (Å²) >= 11 is 0. The molecule has 0 aliphatic heterocycles. The molecule has 0 bridgehead atoms. The fourth-order valence-electron chi connectivity index (χ4n) is 2.95. The second kappa shape index (κ2) is 7.76. The van der Waals surface area contributed by atoms with E-state index in [1.807, 2.05) is 0 Å². The largest absolute Gasteiger partial charge is 0.481 e. The molecule has 1 fully saturated rings. The first-order valence-corrected chi connectivity index (χ1v) is 8.14. The summed E-state index contributed by atoms with van der Waals surface area (Å²) in [6, 6.07) is 3.70. The monoisotopic (exact) mass is 358 g/mol. The normalized spacial score (nSPS) is 22.1. The highest BCUT2D eigenvalue weighted by Gasteiger charge is 2.30. The molecule has 1 atom stereocenters. The number of carboxylic acids is 1. The van der Waals surface area contributed by atoms with E-state index in [1.165, 1.54) is 12.1 Å². The predicted molar refractivity (Wildman–Crippen MR) is 84.9 cm³/mol. The number of alkyl halides is 3. The molecule has 0 unspecified atom stereocenters. The topological polar surface area (TPSA) is 78.4 Å². The maximum atomic E-state index is 12.6. The van der Waals surface area contributed by atoms with Gasteiger partial charge in [0.1, 0.15) is 0 Å². The fraction of sp³-hybridized carbons (Fsp3) is 0.529. The van der Waals surface area contributed by atoms with Crippen LogP contribution in [-0.2, 0) is 11.0 Å². The number of carbonyl (C=O) groups is 2. The van der Waals surface area contributed by atoms with Gasteiger partial charge in [-0.15, -0.1) is 0 Å². The Morgan fingerprint density at radius 2 is 1.68 bits per heavy atom. The summed E-state index contributed by atoms with van der Waals surface area (Å²) in [5.41, 5.74) is -0.166. The van der Waals surface area contributed by atoms with Crippen molar-refractivity contribution in [3.05, 3.63) is 35.4 Å². The maximum absolute atomic E-state index is 12.6. The number of nitrogens with one attached hydrogen (secondary N) is 2. The average Bonchev–Trinajstić information content (AvgIpc) is 2.54. The summed E-state index contributed by atoms with van der Waals surface area (Å²) in [4.78, 5) is 22.9. The molecule has 0 aromatic heterocycles. The van der Waals surface area contributed by atoms with Crippen molar-refractivity contribution in [3.63, 3.8) is 0 Å². The molecule has 25 heavy (non-hydrogen) atoms. The van der Waals surface area contributed by atoms with Gasteiger partial charge in [-0.25, -0.2) is 4.79 Å². The van der Waals surface area contributed by atoms with Gasteiger partial charge in [0.25, 0.3) is 0 Å². The summed E-state index contributed by atoms with van der Waals surface area (Å²) in [6.07, 6.45) is -2.15. The zero-order valence-corrected chi connectivity index (χ0v) is 13.8. The van der Waals surface area contributed by atoms with Crippen LogP contribution in [0.25, 0.3) is 0 Å². The van der Waals surface area contributed by atoms with Crippen LogP contribution in [0.4, 0.5) is 18.0 Å². The number of hydrogen-bond donors (Lipinski definition) is 3. The van der Waals surface area contributed by atoms with Gasteiger partial charge in [0.05, 0.1) is 17.5 Å². The first kappa shape index (κ1) is 19.1. The number of benzene rings is 1.